The van der Waals surface area contributed by atoms with Gasteiger partial charge in [-0.2, -0.15) is 0 Å². The first-order valence-corrected chi connectivity index (χ1v) is 8.92. The number of nitrogens with two attached hydrogens (primary N) is 1. The van der Waals surface area contributed by atoms with Crippen molar-refractivity contribution in [2.45, 2.75) is 6.92 Å². The maximum Gasteiger partial charge on any atom is 0.215 e. The van der Waals surface area contributed by atoms with Crippen molar-refractivity contribution in [1.82, 2.24) is 15.3 Å². The zero-order chi connectivity index (χ0) is 18.8. The van der Waals surface area contributed by atoms with Crippen LogP contribution in [0.3, 0.4) is 0 Å². The normalized spacial score (nSPS) is 14.3. The fraction of sp³-hybridized carbons (Fsp3) is 0.250. The Morgan fingerprint density at radius 2 is 2.00 bits per heavy atom. The third kappa shape index (κ3) is 3.41. The Labute approximate surface area is 157 Å². The first kappa shape index (κ1) is 17.2. The van der Waals surface area contributed by atoms with E-state index in [2.05, 4.69) is 15.2 Å². The van der Waals surface area contributed by atoms with E-state index in [9.17, 15) is 4.79 Å². The van der Waals surface area contributed by atoms with Crippen LogP contribution >= 0.6 is 0 Å². The molecule has 1 aliphatic heterocycles. The molecule has 0 aliphatic carbocycles. The Bertz CT molecular complexity index is 976. The van der Waals surface area contributed by atoms with Gasteiger partial charge in [-0.1, -0.05) is 0 Å². The minimum Gasteiger partial charge on any atom is -0.461 e. The molecular weight excluding hydrogens is 342 g/mol. The zero-order valence-electron chi connectivity index (χ0n) is 15.1. The lowest BCUT2D eigenvalue weighted by Crippen LogP contribution is -2.44. The number of nitrogens with one attached hydrogen (secondary N) is 1. The highest BCUT2D eigenvalue weighted by Gasteiger charge is 2.23. The highest BCUT2D eigenvalue weighted by Crippen LogP contribution is 2.29. The van der Waals surface area contributed by atoms with E-state index in [1.165, 1.54) is 0 Å². The number of nitrogens with zero attached hydrogens (tertiary/aromatic N) is 3. The molecule has 0 bridgehead atoms. The van der Waals surface area contributed by atoms with Crippen molar-refractivity contribution in [2.75, 3.05) is 36.8 Å². The molecule has 3 aromatic rings. The number of nitrogen functional groups attached to an aromatic ring is 1. The fourth-order valence-corrected chi connectivity index (χ4v) is 3.21. The molecule has 0 aromatic carbocycles. The van der Waals surface area contributed by atoms with E-state index < -0.39 is 0 Å². The Hall–Kier alpha value is -3.19. The maximum absolute atomic E-state index is 13.2. The van der Waals surface area contributed by atoms with E-state index >= 15 is 0 Å². The van der Waals surface area contributed by atoms with E-state index in [0.717, 1.165) is 37.8 Å². The molecule has 7 heteroatoms. The molecule has 4 rings (SSSR count). The van der Waals surface area contributed by atoms with Gasteiger partial charge in [0.2, 0.25) is 5.78 Å². The molecule has 3 aromatic heterocycles. The van der Waals surface area contributed by atoms with Crippen molar-refractivity contribution in [2.24, 2.45) is 0 Å². The number of aryl methyl sites for hydroxylation is 1. The van der Waals surface area contributed by atoms with Crippen molar-refractivity contribution < 1.29 is 9.21 Å². The molecule has 0 atom stereocenters. The number of anilines is 2. The van der Waals surface area contributed by atoms with Crippen molar-refractivity contribution in [3.05, 3.63) is 59.6 Å². The average molecular weight is 363 g/mol. The van der Waals surface area contributed by atoms with Gasteiger partial charge in [-0.15, -0.1) is 0 Å². The van der Waals surface area contributed by atoms with Crippen LogP contribution in [0.1, 0.15) is 21.8 Å². The molecule has 0 radical (unpaired) electrons. The lowest BCUT2D eigenvalue weighted by atomic mass is 10.0. The molecule has 0 saturated carbocycles. The Kier molecular flexibility index (Phi) is 4.60. The van der Waals surface area contributed by atoms with Gasteiger partial charge in [0.25, 0.3) is 0 Å². The van der Waals surface area contributed by atoms with Gasteiger partial charge in [-0.3, -0.25) is 4.79 Å². The fourth-order valence-electron chi connectivity index (χ4n) is 3.21. The number of piperazine rings is 1. The summed E-state index contributed by atoms with van der Waals surface area (Å²) < 4.78 is 5.75. The monoisotopic (exact) mass is 363 g/mol. The summed E-state index contributed by atoms with van der Waals surface area (Å²) in [7, 11) is 0. The van der Waals surface area contributed by atoms with Crippen LogP contribution in [0.25, 0.3) is 11.3 Å². The van der Waals surface area contributed by atoms with Gasteiger partial charge in [0.05, 0.1) is 5.56 Å². The second-order valence-corrected chi connectivity index (χ2v) is 6.48. The molecule has 1 fully saturated rings. The van der Waals surface area contributed by atoms with Crippen LogP contribution < -0.4 is 16.0 Å². The topological polar surface area (TPSA) is 97.3 Å². The number of ketones is 1. The van der Waals surface area contributed by atoms with E-state index in [1.54, 1.807) is 18.3 Å². The summed E-state index contributed by atoms with van der Waals surface area (Å²) in [5.41, 5.74) is 7.24. The number of furan rings is 1. The number of rotatable bonds is 4. The first-order chi connectivity index (χ1) is 13.1. The van der Waals surface area contributed by atoms with Crippen molar-refractivity contribution in [1.29, 1.82) is 0 Å². The van der Waals surface area contributed by atoms with Gasteiger partial charge in [0.1, 0.15) is 28.9 Å². The highest BCUT2D eigenvalue weighted by molar-refractivity contribution is 6.13. The first-order valence-electron chi connectivity index (χ1n) is 8.92. The number of hydrogen-bond acceptors (Lipinski definition) is 7. The molecule has 4 heterocycles. The van der Waals surface area contributed by atoms with Gasteiger partial charge in [0.15, 0.2) is 0 Å². The summed E-state index contributed by atoms with van der Waals surface area (Å²) in [5, 5.41) is 3.32. The summed E-state index contributed by atoms with van der Waals surface area (Å²) in [6.45, 7) is 5.33. The second kappa shape index (κ2) is 7.20. The van der Waals surface area contributed by atoms with Crippen LogP contribution in [0.2, 0.25) is 0 Å². The van der Waals surface area contributed by atoms with Crippen molar-refractivity contribution in [3.63, 3.8) is 0 Å². The molecule has 0 spiro atoms. The standard InChI is InChI=1S/C20H21N5O2/c1-13-4-6-16(27-13)14-5-7-17(25-11-9-22-10-12-25)24-18(14)19(26)15-3-2-8-23-20(15)21/h2-8,22H,9-12H2,1H3,(H2,21,23). The number of aromatic nitrogens is 2. The summed E-state index contributed by atoms with van der Waals surface area (Å²) in [5.74, 6) is 2.09. The quantitative estimate of drug-likeness (QED) is 0.686. The SMILES string of the molecule is Cc1ccc(-c2ccc(N3CCNCC3)nc2C(=O)c2cccnc2N)o1. The number of hydrogen-bond donors (Lipinski definition) is 2. The largest absolute Gasteiger partial charge is 0.461 e. The van der Waals surface area contributed by atoms with Crippen LogP contribution in [0, 0.1) is 6.92 Å². The predicted octanol–water partition coefficient (Wildman–Crippen LogP) is 2.27. The van der Waals surface area contributed by atoms with E-state index in [1.807, 2.05) is 31.2 Å². The van der Waals surface area contributed by atoms with Crippen LogP contribution in [0.4, 0.5) is 11.6 Å². The molecule has 7 nitrogen and oxygen atoms in total. The maximum atomic E-state index is 13.2. The van der Waals surface area contributed by atoms with Gasteiger partial charge in [-0.25, -0.2) is 9.97 Å². The summed E-state index contributed by atoms with van der Waals surface area (Å²) in [6, 6.07) is 10.9. The third-order valence-corrected chi connectivity index (χ3v) is 4.63. The lowest BCUT2D eigenvalue weighted by Gasteiger charge is -2.28. The Balaban J connectivity index is 1.82. The van der Waals surface area contributed by atoms with E-state index in [-0.39, 0.29) is 11.6 Å². The predicted molar refractivity (Wildman–Crippen MR) is 104 cm³/mol. The summed E-state index contributed by atoms with van der Waals surface area (Å²) >= 11 is 0. The molecule has 27 heavy (non-hydrogen) atoms. The van der Waals surface area contributed by atoms with Gasteiger partial charge in [-0.05, 0) is 43.3 Å². The lowest BCUT2D eigenvalue weighted by molar-refractivity contribution is 0.103. The smallest absolute Gasteiger partial charge is 0.215 e. The van der Waals surface area contributed by atoms with Gasteiger partial charge in [0, 0.05) is 37.9 Å². The molecular formula is C20H21N5O2. The average Bonchev–Trinajstić information content (AvgIpc) is 3.14. The summed E-state index contributed by atoms with van der Waals surface area (Å²) in [4.78, 5) is 24.1. The minimum atomic E-state index is -0.262. The number of carbonyl (C=O) groups is 1. The van der Waals surface area contributed by atoms with Gasteiger partial charge >= 0.3 is 0 Å². The van der Waals surface area contributed by atoms with E-state index in [4.69, 9.17) is 15.1 Å². The van der Waals surface area contributed by atoms with Gasteiger partial charge < -0.3 is 20.4 Å². The second-order valence-electron chi connectivity index (χ2n) is 6.48. The van der Waals surface area contributed by atoms with E-state index in [0.29, 0.717) is 22.6 Å². The summed E-state index contributed by atoms with van der Waals surface area (Å²) in [6.07, 6.45) is 1.56. The molecule has 0 amide bonds. The Morgan fingerprint density at radius 3 is 2.70 bits per heavy atom. The van der Waals surface area contributed by atoms with Crippen molar-refractivity contribution in [3.8, 4) is 11.3 Å². The van der Waals surface area contributed by atoms with Crippen LogP contribution in [0.5, 0.6) is 0 Å². The van der Waals surface area contributed by atoms with Crippen molar-refractivity contribution >= 4 is 17.4 Å². The third-order valence-electron chi connectivity index (χ3n) is 4.63. The Morgan fingerprint density at radius 1 is 1.19 bits per heavy atom. The molecule has 3 N–H and O–H groups in total. The van der Waals surface area contributed by atoms with Crippen LogP contribution in [0.15, 0.2) is 47.0 Å². The molecule has 1 saturated heterocycles. The van der Waals surface area contributed by atoms with Crippen LogP contribution in [-0.4, -0.2) is 41.9 Å². The zero-order valence-corrected chi connectivity index (χ0v) is 15.1. The van der Waals surface area contributed by atoms with Crippen LogP contribution in [-0.2, 0) is 0 Å². The number of carbonyl (C=O) groups excluding carboxylic acids is 1. The molecule has 1 aliphatic rings. The highest BCUT2D eigenvalue weighted by atomic mass is 16.3. The molecule has 0 unspecified atom stereocenters. The minimum absolute atomic E-state index is 0.193. The number of pyridine rings is 2. The molecule has 138 valence electrons.